The number of hydrogen-bond donors (Lipinski definition) is 1. The van der Waals surface area contributed by atoms with Gasteiger partial charge in [0.25, 0.3) is 5.91 Å². The zero-order valence-electron chi connectivity index (χ0n) is 15.6. The van der Waals surface area contributed by atoms with Gasteiger partial charge in [0.05, 0.1) is 5.69 Å². The van der Waals surface area contributed by atoms with Gasteiger partial charge in [-0.3, -0.25) is 14.3 Å². The van der Waals surface area contributed by atoms with Crippen molar-refractivity contribution >= 4 is 11.8 Å². The van der Waals surface area contributed by atoms with Crippen molar-refractivity contribution in [3.63, 3.8) is 0 Å². The van der Waals surface area contributed by atoms with Crippen molar-refractivity contribution in [3.05, 3.63) is 17.5 Å². The standard InChI is InChI=1S/C19H30N4O2/c1-13(2)16-11-17(22(3)21-16)18(24)20-15-9-10-23(12-15)19(25)14-7-5-4-6-8-14/h11,13-15H,4-10,12H2,1-3H3,(H,20,24). The molecular weight excluding hydrogens is 316 g/mol. The van der Waals surface area contributed by atoms with Crippen LogP contribution in [0.2, 0.25) is 0 Å². The van der Waals surface area contributed by atoms with Gasteiger partial charge in [-0.15, -0.1) is 0 Å². The highest BCUT2D eigenvalue weighted by molar-refractivity contribution is 5.93. The lowest BCUT2D eigenvalue weighted by Gasteiger charge is -2.26. The minimum Gasteiger partial charge on any atom is -0.346 e. The molecule has 6 nitrogen and oxygen atoms in total. The van der Waals surface area contributed by atoms with Crippen molar-refractivity contribution in [1.29, 1.82) is 0 Å². The lowest BCUT2D eigenvalue weighted by Crippen LogP contribution is -2.41. The van der Waals surface area contributed by atoms with Crippen molar-refractivity contribution < 1.29 is 9.59 Å². The van der Waals surface area contributed by atoms with Gasteiger partial charge in [0, 0.05) is 32.1 Å². The zero-order valence-corrected chi connectivity index (χ0v) is 15.6. The second kappa shape index (κ2) is 7.58. The van der Waals surface area contributed by atoms with Crippen LogP contribution in [0.5, 0.6) is 0 Å². The molecule has 1 N–H and O–H groups in total. The van der Waals surface area contributed by atoms with E-state index < -0.39 is 0 Å². The summed E-state index contributed by atoms with van der Waals surface area (Å²) in [5.74, 6) is 0.689. The third-order valence-corrected chi connectivity index (χ3v) is 5.51. The number of aryl methyl sites for hydroxylation is 1. The molecule has 2 heterocycles. The third-order valence-electron chi connectivity index (χ3n) is 5.51. The van der Waals surface area contributed by atoms with Crippen LogP contribution < -0.4 is 5.32 Å². The number of carbonyl (C=O) groups is 2. The van der Waals surface area contributed by atoms with Gasteiger partial charge in [-0.05, 0) is 31.2 Å². The lowest BCUT2D eigenvalue weighted by atomic mass is 9.88. The molecule has 6 heteroatoms. The molecule has 1 atom stereocenters. The molecule has 0 aromatic carbocycles. The van der Waals surface area contributed by atoms with E-state index >= 15 is 0 Å². The minimum absolute atomic E-state index is 0.0393. The maximum atomic E-state index is 12.6. The Labute approximate surface area is 149 Å². The van der Waals surface area contributed by atoms with E-state index in [1.807, 2.05) is 11.0 Å². The Hall–Kier alpha value is -1.85. The van der Waals surface area contributed by atoms with E-state index in [2.05, 4.69) is 24.3 Å². The molecule has 0 radical (unpaired) electrons. The molecule has 2 amide bonds. The van der Waals surface area contributed by atoms with Gasteiger partial charge in [-0.2, -0.15) is 5.10 Å². The summed E-state index contributed by atoms with van der Waals surface area (Å²) >= 11 is 0. The van der Waals surface area contributed by atoms with Crippen molar-refractivity contribution in [2.45, 2.75) is 64.3 Å². The first-order valence-corrected chi connectivity index (χ1v) is 9.59. The molecule has 1 aromatic heterocycles. The van der Waals surface area contributed by atoms with Gasteiger partial charge in [0.2, 0.25) is 5.91 Å². The van der Waals surface area contributed by atoms with Gasteiger partial charge in [0.1, 0.15) is 5.69 Å². The van der Waals surface area contributed by atoms with E-state index in [9.17, 15) is 9.59 Å². The topological polar surface area (TPSA) is 67.2 Å². The molecule has 1 aliphatic heterocycles. The van der Waals surface area contributed by atoms with Crippen LogP contribution in [0.3, 0.4) is 0 Å². The number of aromatic nitrogens is 2. The van der Waals surface area contributed by atoms with Gasteiger partial charge in [-0.1, -0.05) is 33.1 Å². The first-order valence-electron chi connectivity index (χ1n) is 9.59. The molecule has 25 heavy (non-hydrogen) atoms. The fourth-order valence-corrected chi connectivity index (χ4v) is 3.93. The normalized spacial score (nSPS) is 21.8. The quantitative estimate of drug-likeness (QED) is 0.910. The highest BCUT2D eigenvalue weighted by Crippen LogP contribution is 2.27. The first kappa shape index (κ1) is 18.0. The Bertz CT molecular complexity index is 631. The van der Waals surface area contributed by atoms with E-state index in [-0.39, 0.29) is 17.9 Å². The summed E-state index contributed by atoms with van der Waals surface area (Å²) < 4.78 is 1.64. The summed E-state index contributed by atoms with van der Waals surface area (Å²) in [6.07, 6.45) is 6.48. The predicted molar refractivity (Wildman–Crippen MR) is 96.3 cm³/mol. The Morgan fingerprint density at radius 1 is 1.20 bits per heavy atom. The summed E-state index contributed by atoms with van der Waals surface area (Å²) in [6, 6.07) is 1.90. The number of rotatable bonds is 4. The molecule has 1 aliphatic carbocycles. The molecule has 2 aliphatic rings. The van der Waals surface area contributed by atoms with Gasteiger partial charge in [-0.25, -0.2) is 0 Å². The minimum atomic E-state index is -0.0983. The smallest absolute Gasteiger partial charge is 0.269 e. The zero-order chi connectivity index (χ0) is 18.0. The van der Waals surface area contributed by atoms with E-state index in [1.54, 1.807) is 11.7 Å². The van der Waals surface area contributed by atoms with Crippen LogP contribution in [0.4, 0.5) is 0 Å². The summed E-state index contributed by atoms with van der Waals surface area (Å²) in [7, 11) is 1.80. The van der Waals surface area contributed by atoms with Crippen molar-refractivity contribution in [1.82, 2.24) is 20.0 Å². The Balaban J connectivity index is 1.55. The maximum Gasteiger partial charge on any atom is 0.269 e. The SMILES string of the molecule is CC(C)c1cc(C(=O)NC2CCN(C(=O)C3CCCCC3)C2)n(C)n1. The number of hydrogen-bond acceptors (Lipinski definition) is 3. The Morgan fingerprint density at radius 3 is 2.56 bits per heavy atom. The molecule has 3 rings (SSSR count). The number of amides is 2. The second-order valence-electron chi connectivity index (χ2n) is 7.81. The molecular formula is C19H30N4O2. The highest BCUT2D eigenvalue weighted by Gasteiger charge is 2.32. The van der Waals surface area contributed by atoms with Crippen LogP contribution >= 0.6 is 0 Å². The second-order valence-corrected chi connectivity index (χ2v) is 7.81. The maximum absolute atomic E-state index is 12.6. The van der Waals surface area contributed by atoms with Crippen LogP contribution in [-0.4, -0.2) is 45.6 Å². The van der Waals surface area contributed by atoms with Crippen molar-refractivity contribution in [2.24, 2.45) is 13.0 Å². The molecule has 138 valence electrons. The van der Waals surface area contributed by atoms with E-state index in [0.717, 1.165) is 31.5 Å². The van der Waals surface area contributed by atoms with Crippen LogP contribution in [-0.2, 0) is 11.8 Å². The number of nitrogens with one attached hydrogen (secondary N) is 1. The van der Waals surface area contributed by atoms with Crippen molar-refractivity contribution in [3.8, 4) is 0 Å². The van der Waals surface area contributed by atoms with Gasteiger partial charge in [0.15, 0.2) is 0 Å². The molecule has 1 unspecified atom stereocenters. The number of likely N-dealkylation sites (tertiary alicyclic amines) is 1. The molecule has 1 aromatic rings. The Kier molecular flexibility index (Phi) is 5.45. The largest absolute Gasteiger partial charge is 0.346 e. The van der Waals surface area contributed by atoms with Gasteiger partial charge >= 0.3 is 0 Å². The molecule has 0 bridgehead atoms. The van der Waals surface area contributed by atoms with Gasteiger partial charge < -0.3 is 10.2 Å². The number of nitrogens with zero attached hydrogens (tertiary/aromatic N) is 3. The van der Waals surface area contributed by atoms with Crippen LogP contribution in [0.1, 0.15) is 74.5 Å². The fraction of sp³-hybridized carbons (Fsp3) is 0.737. The van der Waals surface area contributed by atoms with E-state index in [1.165, 1.54) is 19.3 Å². The summed E-state index contributed by atoms with van der Waals surface area (Å²) in [6.45, 7) is 5.52. The summed E-state index contributed by atoms with van der Waals surface area (Å²) in [4.78, 5) is 27.1. The highest BCUT2D eigenvalue weighted by atomic mass is 16.2. The lowest BCUT2D eigenvalue weighted by molar-refractivity contribution is -0.135. The average molecular weight is 346 g/mol. The molecule has 2 fully saturated rings. The van der Waals surface area contributed by atoms with E-state index in [0.29, 0.717) is 24.1 Å². The van der Waals surface area contributed by atoms with E-state index in [4.69, 9.17) is 0 Å². The molecule has 1 saturated heterocycles. The fourth-order valence-electron chi connectivity index (χ4n) is 3.93. The predicted octanol–water partition coefficient (Wildman–Crippen LogP) is 2.45. The number of carbonyl (C=O) groups excluding carboxylic acids is 2. The summed E-state index contributed by atoms with van der Waals surface area (Å²) in [5, 5.41) is 7.48. The first-order chi connectivity index (χ1) is 12.0. The van der Waals surface area contributed by atoms with Crippen LogP contribution in [0.15, 0.2) is 6.07 Å². The Morgan fingerprint density at radius 2 is 1.92 bits per heavy atom. The third kappa shape index (κ3) is 4.05. The monoisotopic (exact) mass is 346 g/mol. The molecule has 0 spiro atoms. The van der Waals surface area contributed by atoms with Crippen LogP contribution in [0, 0.1) is 5.92 Å². The molecule has 1 saturated carbocycles. The van der Waals surface area contributed by atoms with Crippen molar-refractivity contribution in [2.75, 3.05) is 13.1 Å². The summed E-state index contributed by atoms with van der Waals surface area (Å²) in [5.41, 5.74) is 1.51. The average Bonchev–Trinajstić information content (AvgIpc) is 3.21. The van der Waals surface area contributed by atoms with Crippen LogP contribution in [0.25, 0.3) is 0 Å².